The Bertz CT molecular complexity index is 1010. The molecule has 9 heteroatoms. The van der Waals surface area contributed by atoms with Crippen molar-refractivity contribution >= 4 is 46.3 Å². The van der Waals surface area contributed by atoms with E-state index in [1.165, 1.54) is 0 Å². The van der Waals surface area contributed by atoms with E-state index in [1.807, 2.05) is 43.3 Å². The summed E-state index contributed by atoms with van der Waals surface area (Å²) in [6.45, 7) is -0.571. The zero-order valence-corrected chi connectivity index (χ0v) is 16.4. The van der Waals surface area contributed by atoms with E-state index >= 15 is 0 Å². The van der Waals surface area contributed by atoms with Crippen molar-refractivity contribution < 1.29 is 23.2 Å². The highest BCUT2D eigenvalue weighted by Crippen LogP contribution is 2.32. The summed E-state index contributed by atoms with van der Waals surface area (Å²) in [6.07, 6.45) is 1.57. The molecule has 0 bridgehead atoms. The molecular weight excluding hydrogens is 400 g/mol. The zero-order valence-electron chi connectivity index (χ0n) is 15.6. The van der Waals surface area contributed by atoms with Crippen LogP contribution in [0.2, 0.25) is 0 Å². The first-order valence-electron chi connectivity index (χ1n) is 8.52. The van der Waals surface area contributed by atoms with Gasteiger partial charge in [0.15, 0.2) is 0 Å². The molecular formula is C20H17F2N3O3S. The molecule has 2 aromatic rings. The maximum atomic E-state index is 13.6. The predicted molar refractivity (Wildman–Crippen MR) is 108 cm³/mol. The number of nitrogens with zero attached hydrogens (tertiary/aromatic N) is 2. The van der Waals surface area contributed by atoms with Gasteiger partial charge in [0.2, 0.25) is 5.91 Å². The van der Waals surface area contributed by atoms with Crippen LogP contribution in [0.3, 0.4) is 0 Å². The molecule has 0 radical (unpaired) electrons. The lowest BCUT2D eigenvalue weighted by molar-refractivity contribution is -0.127. The van der Waals surface area contributed by atoms with Crippen LogP contribution in [0, 0.1) is 11.6 Å². The van der Waals surface area contributed by atoms with Crippen LogP contribution >= 0.6 is 11.8 Å². The fourth-order valence-electron chi connectivity index (χ4n) is 2.58. The van der Waals surface area contributed by atoms with Crippen LogP contribution in [-0.4, -0.2) is 42.6 Å². The first-order valence-corrected chi connectivity index (χ1v) is 9.34. The van der Waals surface area contributed by atoms with E-state index in [4.69, 9.17) is 0 Å². The van der Waals surface area contributed by atoms with Gasteiger partial charge >= 0.3 is 0 Å². The van der Waals surface area contributed by atoms with Crippen LogP contribution in [0.15, 0.2) is 47.4 Å². The van der Waals surface area contributed by atoms with E-state index in [-0.39, 0.29) is 10.6 Å². The van der Waals surface area contributed by atoms with Gasteiger partial charge in [-0.3, -0.25) is 19.3 Å². The molecule has 0 aromatic heterocycles. The van der Waals surface area contributed by atoms with Crippen molar-refractivity contribution in [2.24, 2.45) is 0 Å². The predicted octanol–water partition coefficient (Wildman–Crippen LogP) is 3.71. The number of hydrogen-bond acceptors (Lipinski definition) is 5. The fourth-order valence-corrected chi connectivity index (χ4v) is 3.42. The minimum absolute atomic E-state index is 0.188. The third-order valence-electron chi connectivity index (χ3n) is 4.09. The largest absolute Gasteiger partial charge is 0.378 e. The Morgan fingerprint density at radius 1 is 1.14 bits per heavy atom. The van der Waals surface area contributed by atoms with Gasteiger partial charge in [-0.1, -0.05) is 12.1 Å². The molecule has 1 heterocycles. The number of nitrogens with one attached hydrogen (secondary N) is 1. The Kier molecular flexibility index (Phi) is 5.97. The molecule has 1 aliphatic rings. The van der Waals surface area contributed by atoms with Gasteiger partial charge in [-0.15, -0.1) is 0 Å². The molecule has 29 heavy (non-hydrogen) atoms. The number of hydrogen-bond donors (Lipinski definition) is 1. The van der Waals surface area contributed by atoms with Crippen LogP contribution in [0.25, 0.3) is 6.08 Å². The lowest BCUT2D eigenvalue weighted by Crippen LogP contribution is -2.36. The van der Waals surface area contributed by atoms with Gasteiger partial charge in [-0.2, -0.15) is 0 Å². The highest BCUT2D eigenvalue weighted by molar-refractivity contribution is 8.18. The van der Waals surface area contributed by atoms with Crippen LogP contribution in [-0.2, 0) is 9.59 Å². The van der Waals surface area contributed by atoms with E-state index < -0.39 is 35.2 Å². The number of thioether (sulfide) groups is 1. The Balaban J connectivity index is 1.69. The Morgan fingerprint density at radius 3 is 2.45 bits per heavy atom. The molecule has 1 saturated heterocycles. The maximum absolute atomic E-state index is 13.6. The minimum atomic E-state index is -0.950. The topological polar surface area (TPSA) is 69.7 Å². The van der Waals surface area contributed by atoms with E-state index in [1.54, 1.807) is 6.08 Å². The third kappa shape index (κ3) is 4.80. The molecule has 6 nitrogen and oxygen atoms in total. The number of imide groups is 1. The Hall–Kier alpha value is -3.20. The monoisotopic (exact) mass is 417 g/mol. The fraction of sp³-hybridized carbons (Fsp3) is 0.150. The quantitative estimate of drug-likeness (QED) is 0.752. The molecule has 0 saturated carbocycles. The van der Waals surface area contributed by atoms with Crippen molar-refractivity contribution in [3.05, 3.63) is 64.6 Å². The van der Waals surface area contributed by atoms with Gasteiger partial charge in [0.25, 0.3) is 11.1 Å². The van der Waals surface area contributed by atoms with Gasteiger partial charge in [0, 0.05) is 25.8 Å². The number of rotatable bonds is 5. The summed E-state index contributed by atoms with van der Waals surface area (Å²) >= 11 is 0.725. The maximum Gasteiger partial charge on any atom is 0.294 e. The molecule has 3 rings (SSSR count). The van der Waals surface area contributed by atoms with E-state index in [9.17, 15) is 23.2 Å². The summed E-state index contributed by atoms with van der Waals surface area (Å²) < 4.78 is 26.6. The minimum Gasteiger partial charge on any atom is -0.378 e. The molecule has 0 atom stereocenters. The second kappa shape index (κ2) is 8.44. The molecule has 1 fully saturated rings. The van der Waals surface area contributed by atoms with Crippen molar-refractivity contribution in [3.63, 3.8) is 0 Å². The van der Waals surface area contributed by atoms with Crippen LogP contribution in [0.1, 0.15) is 5.56 Å². The molecule has 0 unspecified atom stereocenters. The average Bonchev–Trinajstić information content (AvgIpc) is 2.92. The van der Waals surface area contributed by atoms with Crippen molar-refractivity contribution in [3.8, 4) is 0 Å². The lowest BCUT2D eigenvalue weighted by atomic mass is 10.2. The lowest BCUT2D eigenvalue weighted by Gasteiger charge is -2.13. The van der Waals surface area contributed by atoms with Crippen LogP contribution < -0.4 is 10.2 Å². The molecule has 1 aliphatic heterocycles. The van der Waals surface area contributed by atoms with Crippen molar-refractivity contribution in [2.45, 2.75) is 0 Å². The standard InChI is InChI=1S/C20H17F2N3O3S/c1-24(2)14-6-3-12(4-7-14)9-17-19(27)25(20(28)29-17)11-18(26)23-16-8-5-13(21)10-15(16)22/h3-10H,11H2,1-2H3,(H,23,26). The molecule has 0 aliphatic carbocycles. The van der Waals surface area contributed by atoms with E-state index in [0.29, 0.717) is 6.07 Å². The van der Waals surface area contributed by atoms with Crippen LogP contribution in [0.4, 0.5) is 25.0 Å². The number of halogens is 2. The third-order valence-corrected chi connectivity index (χ3v) is 5.00. The summed E-state index contributed by atoms with van der Waals surface area (Å²) in [6, 6.07) is 10.1. The highest BCUT2D eigenvalue weighted by atomic mass is 32.2. The molecule has 2 aromatic carbocycles. The molecule has 0 spiro atoms. The second-order valence-electron chi connectivity index (χ2n) is 6.43. The van der Waals surface area contributed by atoms with Gasteiger partial charge in [0.1, 0.15) is 18.2 Å². The first kappa shape index (κ1) is 20.5. The summed E-state index contributed by atoms with van der Waals surface area (Å²) in [5.74, 6) is -3.11. The van der Waals surface area contributed by atoms with Gasteiger partial charge < -0.3 is 10.2 Å². The number of carbonyl (C=O) groups is 3. The van der Waals surface area contributed by atoms with Crippen molar-refractivity contribution in [1.82, 2.24) is 4.90 Å². The molecule has 150 valence electrons. The zero-order chi connectivity index (χ0) is 21.1. The number of benzene rings is 2. The molecule has 1 N–H and O–H groups in total. The Morgan fingerprint density at radius 2 is 1.83 bits per heavy atom. The number of anilines is 2. The number of carbonyl (C=O) groups excluding carboxylic acids is 3. The first-order chi connectivity index (χ1) is 13.7. The van der Waals surface area contributed by atoms with Gasteiger partial charge in [-0.25, -0.2) is 8.78 Å². The Labute approximate surface area is 170 Å². The SMILES string of the molecule is CN(C)c1ccc(C=C2SC(=O)N(CC(=O)Nc3ccc(F)cc3F)C2=O)cc1. The normalized spacial score (nSPS) is 15.2. The molecule has 3 amide bonds. The van der Waals surface area contributed by atoms with Gasteiger partial charge in [-0.05, 0) is 47.7 Å². The van der Waals surface area contributed by atoms with Crippen LogP contribution in [0.5, 0.6) is 0 Å². The summed E-state index contributed by atoms with van der Waals surface area (Å²) in [4.78, 5) is 39.7. The van der Waals surface area contributed by atoms with E-state index in [2.05, 4.69) is 5.32 Å². The van der Waals surface area contributed by atoms with Crippen molar-refractivity contribution in [1.29, 1.82) is 0 Å². The van der Waals surface area contributed by atoms with Gasteiger partial charge in [0.05, 0.1) is 10.6 Å². The second-order valence-corrected chi connectivity index (χ2v) is 7.42. The van der Waals surface area contributed by atoms with E-state index in [0.717, 1.165) is 40.0 Å². The summed E-state index contributed by atoms with van der Waals surface area (Å²) in [5, 5.41) is 1.63. The summed E-state index contributed by atoms with van der Waals surface area (Å²) in [5.41, 5.74) is 1.48. The smallest absolute Gasteiger partial charge is 0.294 e. The summed E-state index contributed by atoms with van der Waals surface area (Å²) in [7, 11) is 3.81. The van der Waals surface area contributed by atoms with Crippen molar-refractivity contribution in [2.75, 3.05) is 30.9 Å². The highest BCUT2D eigenvalue weighted by Gasteiger charge is 2.36. The number of amides is 3. The average molecular weight is 417 g/mol.